The van der Waals surface area contributed by atoms with Gasteiger partial charge in [-0.15, -0.1) is 22.7 Å². The Labute approximate surface area is 187 Å². The Morgan fingerprint density at radius 1 is 1.19 bits per heavy atom. The average Bonchev–Trinajstić information content (AvgIpc) is 3.40. The van der Waals surface area contributed by atoms with Crippen LogP contribution in [-0.2, 0) is 6.42 Å². The van der Waals surface area contributed by atoms with Crippen LogP contribution in [0, 0.1) is 0 Å². The molecule has 0 aliphatic heterocycles. The van der Waals surface area contributed by atoms with Gasteiger partial charge in [0, 0.05) is 23.4 Å². The lowest BCUT2D eigenvalue weighted by Gasteiger charge is -2.10. The minimum absolute atomic E-state index is 0.168. The number of carboxylic acid groups (broad SMARTS) is 1. The van der Waals surface area contributed by atoms with Gasteiger partial charge in [-0.05, 0) is 47.9 Å². The first-order valence-corrected chi connectivity index (χ1v) is 11.4. The standard InChI is InChI=1S/C22H21N3O4S2/c1-3-29-17-11-19(31-21(17)22(26)27)15-10-20(25-12-24-15)23-6-4-13-9-18-14(5-7-30-18)8-16(13)28-2/h5,7-12H,3-4,6H2,1-2H3,(H,26,27)(H,23,24,25). The van der Waals surface area contributed by atoms with Gasteiger partial charge in [0.25, 0.3) is 0 Å². The third-order valence-corrected chi connectivity index (χ3v) is 6.67. The number of thiophene rings is 2. The summed E-state index contributed by atoms with van der Waals surface area (Å²) in [5, 5.41) is 16.0. The summed E-state index contributed by atoms with van der Waals surface area (Å²) in [4.78, 5) is 20.9. The van der Waals surface area contributed by atoms with Crippen LogP contribution in [0.3, 0.4) is 0 Å². The lowest BCUT2D eigenvalue weighted by molar-refractivity contribution is 0.0698. The van der Waals surface area contributed by atoms with Crippen molar-refractivity contribution in [1.29, 1.82) is 0 Å². The van der Waals surface area contributed by atoms with E-state index in [0.29, 0.717) is 30.4 Å². The average molecular weight is 456 g/mol. The van der Waals surface area contributed by atoms with E-state index in [4.69, 9.17) is 9.47 Å². The number of benzene rings is 1. The fourth-order valence-electron chi connectivity index (χ4n) is 3.24. The maximum Gasteiger partial charge on any atom is 0.349 e. The first-order chi connectivity index (χ1) is 15.1. The number of rotatable bonds is 9. The summed E-state index contributed by atoms with van der Waals surface area (Å²) in [7, 11) is 1.68. The zero-order valence-corrected chi connectivity index (χ0v) is 18.7. The lowest BCUT2D eigenvalue weighted by Crippen LogP contribution is -2.07. The van der Waals surface area contributed by atoms with E-state index in [2.05, 4.69) is 38.9 Å². The molecule has 4 aromatic rings. The molecule has 3 aromatic heterocycles. The Morgan fingerprint density at radius 2 is 2.06 bits per heavy atom. The smallest absolute Gasteiger partial charge is 0.349 e. The molecule has 0 atom stereocenters. The van der Waals surface area contributed by atoms with Crippen molar-refractivity contribution in [1.82, 2.24) is 9.97 Å². The predicted molar refractivity (Wildman–Crippen MR) is 124 cm³/mol. The molecule has 0 aliphatic carbocycles. The molecule has 31 heavy (non-hydrogen) atoms. The number of methoxy groups -OCH3 is 1. The molecule has 0 saturated carbocycles. The number of fused-ring (bicyclic) bond motifs is 1. The van der Waals surface area contributed by atoms with E-state index in [1.807, 2.05) is 13.0 Å². The number of hydrogen-bond acceptors (Lipinski definition) is 8. The maximum absolute atomic E-state index is 11.5. The van der Waals surface area contributed by atoms with Crippen molar-refractivity contribution in [3.63, 3.8) is 0 Å². The normalized spacial score (nSPS) is 10.9. The van der Waals surface area contributed by atoms with E-state index < -0.39 is 5.97 Å². The van der Waals surface area contributed by atoms with Crippen molar-refractivity contribution in [2.45, 2.75) is 13.3 Å². The van der Waals surface area contributed by atoms with Crippen LogP contribution in [0.1, 0.15) is 22.2 Å². The summed E-state index contributed by atoms with van der Waals surface area (Å²) >= 11 is 2.85. The van der Waals surface area contributed by atoms with Crippen LogP contribution in [0.4, 0.5) is 5.82 Å². The molecular formula is C22H21N3O4S2. The Balaban J connectivity index is 1.48. The highest BCUT2D eigenvalue weighted by molar-refractivity contribution is 7.17. The number of carbonyl (C=O) groups is 1. The van der Waals surface area contributed by atoms with E-state index in [9.17, 15) is 9.90 Å². The number of nitrogens with zero attached hydrogens (tertiary/aromatic N) is 2. The number of aromatic nitrogens is 2. The van der Waals surface area contributed by atoms with Gasteiger partial charge < -0.3 is 19.9 Å². The molecule has 0 fully saturated rings. The molecule has 2 N–H and O–H groups in total. The SMILES string of the molecule is CCOc1cc(-c2cc(NCCc3cc4sccc4cc3OC)ncn2)sc1C(=O)O. The summed E-state index contributed by atoms with van der Waals surface area (Å²) in [6.07, 6.45) is 2.24. The van der Waals surface area contributed by atoms with Crippen molar-refractivity contribution >= 4 is 44.5 Å². The third kappa shape index (κ3) is 4.62. The Kier molecular flexibility index (Phi) is 6.34. The summed E-state index contributed by atoms with van der Waals surface area (Å²) in [6.45, 7) is 2.88. The molecule has 7 nitrogen and oxygen atoms in total. The number of hydrogen-bond donors (Lipinski definition) is 2. The van der Waals surface area contributed by atoms with Crippen LogP contribution in [-0.4, -0.2) is 41.3 Å². The van der Waals surface area contributed by atoms with Gasteiger partial charge in [0.15, 0.2) is 4.88 Å². The van der Waals surface area contributed by atoms with Crippen LogP contribution >= 0.6 is 22.7 Å². The van der Waals surface area contributed by atoms with Gasteiger partial charge >= 0.3 is 5.97 Å². The summed E-state index contributed by atoms with van der Waals surface area (Å²) in [5.41, 5.74) is 1.78. The molecule has 160 valence electrons. The fourth-order valence-corrected chi connectivity index (χ4v) is 4.98. The number of nitrogens with one attached hydrogen (secondary N) is 1. The van der Waals surface area contributed by atoms with Crippen molar-refractivity contribution in [3.05, 3.63) is 52.5 Å². The van der Waals surface area contributed by atoms with E-state index in [0.717, 1.165) is 33.9 Å². The highest BCUT2D eigenvalue weighted by Crippen LogP contribution is 2.36. The second kappa shape index (κ2) is 9.32. The molecule has 0 aliphatic rings. The van der Waals surface area contributed by atoms with Gasteiger partial charge in [-0.1, -0.05) is 0 Å². The van der Waals surface area contributed by atoms with Gasteiger partial charge in [0.1, 0.15) is 23.6 Å². The second-order valence-electron chi connectivity index (χ2n) is 6.63. The van der Waals surface area contributed by atoms with Gasteiger partial charge in [-0.25, -0.2) is 14.8 Å². The molecule has 1 aromatic carbocycles. The minimum Gasteiger partial charge on any atom is -0.496 e. The van der Waals surface area contributed by atoms with Crippen molar-refractivity contribution in [2.24, 2.45) is 0 Å². The minimum atomic E-state index is -1.01. The Hall–Kier alpha value is -3.17. The summed E-state index contributed by atoms with van der Waals surface area (Å²) < 4.78 is 12.2. The third-order valence-electron chi connectivity index (χ3n) is 4.67. The molecule has 4 rings (SSSR count). The Morgan fingerprint density at radius 3 is 2.84 bits per heavy atom. The quantitative estimate of drug-likeness (QED) is 0.359. The Bertz CT molecular complexity index is 1220. The van der Waals surface area contributed by atoms with E-state index >= 15 is 0 Å². The molecule has 0 radical (unpaired) electrons. The van der Waals surface area contributed by atoms with Crippen LogP contribution in [0.5, 0.6) is 11.5 Å². The van der Waals surface area contributed by atoms with Gasteiger partial charge in [-0.3, -0.25) is 0 Å². The first kappa shape index (κ1) is 21.1. The molecule has 0 spiro atoms. The first-order valence-electron chi connectivity index (χ1n) is 9.69. The van der Waals surface area contributed by atoms with Crippen LogP contribution in [0.15, 0.2) is 42.0 Å². The topological polar surface area (TPSA) is 93.6 Å². The summed E-state index contributed by atoms with van der Waals surface area (Å²) in [6, 6.07) is 9.85. The number of anilines is 1. The van der Waals surface area contributed by atoms with Crippen molar-refractivity contribution in [3.8, 4) is 22.1 Å². The van der Waals surface area contributed by atoms with Gasteiger partial charge in [0.05, 0.1) is 24.3 Å². The zero-order valence-electron chi connectivity index (χ0n) is 17.0. The molecule has 9 heteroatoms. The van der Waals surface area contributed by atoms with E-state index in [1.54, 1.807) is 24.5 Å². The summed E-state index contributed by atoms with van der Waals surface area (Å²) in [5.74, 6) is 0.895. The molecule has 0 unspecified atom stereocenters. The van der Waals surface area contributed by atoms with Gasteiger partial charge in [0.2, 0.25) is 0 Å². The maximum atomic E-state index is 11.5. The predicted octanol–water partition coefficient (Wildman–Crippen LogP) is 5.18. The highest BCUT2D eigenvalue weighted by Gasteiger charge is 2.18. The molecule has 0 bridgehead atoms. The fraction of sp³-hybridized carbons (Fsp3) is 0.227. The van der Waals surface area contributed by atoms with Crippen molar-refractivity contribution < 1.29 is 19.4 Å². The van der Waals surface area contributed by atoms with Crippen LogP contribution < -0.4 is 14.8 Å². The number of carboxylic acids is 1. The zero-order chi connectivity index (χ0) is 21.8. The number of aromatic carboxylic acids is 1. The lowest BCUT2D eigenvalue weighted by atomic mass is 10.1. The van der Waals surface area contributed by atoms with Crippen molar-refractivity contribution in [2.75, 3.05) is 25.6 Å². The van der Waals surface area contributed by atoms with E-state index in [-0.39, 0.29) is 4.88 Å². The molecule has 0 amide bonds. The molecular weight excluding hydrogens is 434 g/mol. The number of ether oxygens (including phenoxy) is 2. The largest absolute Gasteiger partial charge is 0.496 e. The highest BCUT2D eigenvalue weighted by atomic mass is 32.1. The monoisotopic (exact) mass is 455 g/mol. The van der Waals surface area contributed by atoms with Crippen LogP contribution in [0.2, 0.25) is 0 Å². The molecule has 3 heterocycles. The van der Waals surface area contributed by atoms with Crippen LogP contribution in [0.25, 0.3) is 20.7 Å². The second-order valence-corrected chi connectivity index (χ2v) is 8.63. The van der Waals surface area contributed by atoms with Gasteiger partial charge in [-0.2, -0.15) is 0 Å². The van der Waals surface area contributed by atoms with E-state index in [1.165, 1.54) is 16.4 Å². The molecule has 0 saturated heterocycles.